The Bertz CT molecular complexity index is 434. The molecule has 0 fully saturated rings. The van der Waals surface area contributed by atoms with E-state index in [4.69, 9.17) is 11.6 Å². The molecule has 1 rings (SSSR count). The fourth-order valence-electron chi connectivity index (χ4n) is 1.62. The average Bonchev–Trinajstić information content (AvgIpc) is 2.43. The summed E-state index contributed by atoms with van der Waals surface area (Å²) < 4.78 is 4.66. The first kappa shape index (κ1) is 15.5. The Morgan fingerprint density at radius 1 is 1.21 bits per heavy atom. The highest BCUT2D eigenvalue weighted by Gasteiger charge is 2.28. The number of amides is 1. The van der Waals surface area contributed by atoms with Crippen LogP contribution in [0.25, 0.3) is 0 Å². The van der Waals surface area contributed by atoms with Gasteiger partial charge in [-0.1, -0.05) is 44.2 Å². The molecule has 0 spiro atoms. The molecule has 104 valence electrons. The van der Waals surface area contributed by atoms with Crippen LogP contribution in [0, 0.1) is 5.92 Å². The van der Waals surface area contributed by atoms with Crippen LogP contribution in [-0.4, -0.2) is 25.0 Å². The van der Waals surface area contributed by atoms with Gasteiger partial charge >= 0.3 is 5.97 Å². The van der Waals surface area contributed by atoms with Crippen molar-refractivity contribution in [3.63, 3.8) is 0 Å². The molecule has 0 aromatic heterocycles. The molecular formula is C14H18ClNO3. The molecule has 0 heterocycles. The Morgan fingerprint density at radius 2 is 1.79 bits per heavy atom. The third kappa shape index (κ3) is 4.24. The molecule has 1 amide bonds. The van der Waals surface area contributed by atoms with Crippen molar-refractivity contribution in [1.82, 2.24) is 5.32 Å². The Kier molecular flexibility index (Phi) is 5.83. The highest BCUT2D eigenvalue weighted by atomic mass is 35.5. The molecule has 0 bridgehead atoms. The van der Waals surface area contributed by atoms with E-state index in [1.165, 1.54) is 7.11 Å². The van der Waals surface area contributed by atoms with Gasteiger partial charge in [-0.25, -0.2) is 4.79 Å². The van der Waals surface area contributed by atoms with Crippen molar-refractivity contribution in [3.8, 4) is 0 Å². The van der Waals surface area contributed by atoms with Crippen LogP contribution >= 0.6 is 11.6 Å². The maximum atomic E-state index is 12.0. The normalized spacial score (nSPS) is 13.7. The SMILES string of the molecule is COC(=O)[C@H](NC(=O)C(Cl)c1ccccc1)C(C)C. The number of rotatable bonds is 5. The van der Waals surface area contributed by atoms with Gasteiger partial charge in [0.25, 0.3) is 0 Å². The van der Waals surface area contributed by atoms with Crippen LogP contribution in [0.5, 0.6) is 0 Å². The number of ether oxygens (including phenoxy) is 1. The van der Waals surface area contributed by atoms with Gasteiger partial charge in [-0.15, -0.1) is 11.6 Å². The molecule has 1 unspecified atom stereocenters. The van der Waals surface area contributed by atoms with E-state index in [9.17, 15) is 9.59 Å². The average molecular weight is 284 g/mol. The topological polar surface area (TPSA) is 55.4 Å². The number of halogens is 1. The van der Waals surface area contributed by atoms with Gasteiger partial charge in [-0.05, 0) is 11.5 Å². The monoisotopic (exact) mass is 283 g/mol. The van der Waals surface area contributed by atoms with Crippen molar-refractivity contribution < 1.29 is 14.3 Å². The number of methoxy groups -OCH3 is 1. The largest absolute Gasteiger partial charge is 0.467 e. The molecular weight excluding hydrogens is 266 g/mol. The van der Waals surface area contributed by atoms with E-state index in [2.05, 4.69) is 10.1 Å². The second kappa shape index (κ2) is 7.14. The van der Waals surface area contributed by atoms with Gasteiger partial charge in [0.2, 0.25) is 5.91 Å². The number of hydrogen-bond donors (Lipinski definition) is 1. The van der Waals surface area contributed by atoms with Crippen LogP contribution in [0.4, 0.5) is 0 Å². The predicted octanol–water partition coefficient (Wildman–Crippen LogP) is 2.28. The molecule has 4 nitrogen and oxygen atoms in total. The summed E-state index contributed by atoms with van der Waals surface area (Å²) in [5.74, 6) is -0.951. The summed E-state index contributed by atoms with van der Waals surface area (Å²) in [6.45, 7) is 3.65. The first-order valence-electron chi connectivity index (χ1n) is 6.04. The molecule has 5 heteroatoms. The molecule has 1 aromatic carbocycles. The quantitative estimate of drug-likeness (QED) is 0.666. The minimum atomic E-state index is -0.827. The molecule has 0 aliphatic heterocycles. The number of carbonyl (C=O) groups is 2. The first-order valence-corrected chi connectivity index (χ1v) is 6.48. The van der Waals surface area contributed by atoms with Crippen LogP contribution in [0.15, 0.2) is 30.3 Å². The van der Waals surface area contributed by atoms with Crippen molar-refractivity contribution in [2.75, 3.05) is 7.11 Å². The Balaban J connectivity index is 2.75. The number of alkyl halides is 1. The lowest BCUT2D eigenvalue weighted by molar-refractivity contribution is -0.146. The summed E-state index contributed by atoms with van der Waals surface area (Å²) in [6.07, 6.45) is 0. The molecule has 0 saturated heterocycles. The number of hydrogen-bond acceptors (Lipinski definition) is 3. The second-order valence-electron chi connectivity index (χ2n) is 4.53. The predicted molar refractivity (Wildman–Crippen MR) is 73.8 cm³/mol. The van der Waals surface area contributed by atoms with Crippen molar-refractivity contribution in [2.45, 2.75) is 25.3 Å². The summed E-state index contributed by atoms with van der Waals surface area (Å²) in [5.41, 5.74) is 0.689. The lowest BCUT2D eigenvalue weighted by atomic mass is 10.0. The van der Waals surface area contributed by atoms with E-state index in [0.717, 1.165) is 0 Å². The zero-order valence-corrected chi connectivity index (χ0v) is 12.0. The number of esters is 1. The van der Waals surface area contributed by atoms with Crippen LogP contribution < -0.4 is 5.32 Å². The second-order valence-corrected chi connectivity index (χ2v) is 4.96. The zero-order chi connectivity index (χ0) is 14.4. The van der Waals surface area contributed by atoms with Crippen molar-refractivity contribution in [2.24, 2.45) is 5.92 Å². The smallest absolute Gasteiger partial charge is 0.328 e. The van der Waals surface area contributed by atoms with Gasteiger partial charge in [0, 0.05) is 0 Å². The van der Waals surface area contributed by atoms with Crippen LogP contribution in [0.3, 0.4) is 0 Å². The fraction of sp³-hybridized carbons (Fsp3) is 0.429. The van der Waals surface area contributed by atoms with E-state index < -0.39 is 23.3 Å². The Hall–Kier alpha value is -1.55. The molecule has 0 radical (unpaired) electrons. The molecule has 19 heavy (non-hydrogen) atoms. The fourth-order valence-corrected chi connectivity index (χ4v) is 1.83. The van der Waals surface area contributed by atoms with Gasteiger partial charge in [0.05, 0.1) is 7.11 Å². The van der Waals surface area contributed by atoms with Crippen molar-refractivity contribution in [3.05, 3.63) is 35.9 Å². The maximum absolute atomic E-state index is 12.0. The Labute approximate surface area is 118 Å². The Morgan fingerprint density at radius 3 is 2.26 bits per heavy atom. The summed E-state index contributed by atoms with van der Waals surface area (Å²) in [7, 11) is 1.29. The molecule has 1 N–H and O–H groups in total. The minimum Gasteiger partial charge on any atom is -0.467 e. The van der Waals surface area contributed by atoms with Crippen molar-refractivity contribution in [1.29, 1.82) is 0 Å². The number of benzene rings is 1. The van der Waals surface area contributed by atoms with Crippen molar-refractivity contribution >= 4 is 23.5 Å². The lowest BCUT2D eigenvalue weighted by Gasteiger charge is -2.21. The third-order valence-corrected chi connectivity index (χ3v) is 3.19. The van der Waals surface area contributed by atoms with E-state index in [1.807, 2.05) is 19.9 Å². The number of carbonyl (C=O) groups excluding carboxylic acids is 2. The van der Waals surface area contributed by atoms with Gasteiger partial charge < -0.3 is 10.1 Å². The van der Waals surface area contributed by atoms with Gasteiger partial charge in [-0.3, -0.25) is 4.79 Å². The summed E-state index contributed by atoms with van der Waals surface area (Å²) in [6, 6.07) is 8.29. The molecule has 0 saturated carbocycles. The van der Waals surface area contributed by atoms with E-state index >= 15 is 0 Å². The summed E-state index contributed by atoms with van der Waals surface area (Å²) >= 11 is 6.09. The molecule has 0 aliphatic carbocycles. The minimum absolute atomic E-state index is 0.0731. The summed E-state index contributed by atoms with van der Waals surface area (Å²) in [4.78, 5) is 23.6. The molecule has 0 aliphatic rings. The van der Waals surface area contributed by atoms with Crippen LogP contribution in [0.1, 0.15) is 24.8 Å². The van der Waals surface area contributed by atoms with Gasteiger partial charge in [0.1, 0.15) is 11.4 Å². The van der Waals surface area contributed by atoms with Crippen LogP contribution in [-0.2, 0) is 14.3 Å². The van der Waals surface area contributed by atoms with Gasteiger partial charge in [0.15, 0.2) is 0 Å². The highest BCUT2D eigenvalue weighted by molar-refractivity contribution is 6.30. The van der Waals surface area contributed by atoms with E-state index in [-0.39, 0.29) is 5.92 Å². The maximum Gasteiger partial charge on any atom is 0.328 e. The lowest BCUT2D eigenvalue weighted by Crippen LogP contribution is -2.46. The molecule has 1 aromatic rings. The standard InChI is InChI=1S/C14H18ClNO3/c1-9(2)12(14(18)19-3)16-13(17)11(15)10-7-5-4-6-8-10/h4-9,11-12H,1-3H3,(H,16,17)/t11?,12-/m1/s1. The zero-order valence-electron chi connectivity index (χ0n) is 11.2. The highest BCUT2D eigenvalue weighted by Crippen LogP contribution is 2.20. The number of nitrogens with one attached hydrogen (secondary N) is 1. The summed E-state index contributed by atoms with van der Waals surface area (Å²) in [5, 5.41) is 1.79. The van der Waals surface area contributed by atoms with E-state index in [0.29, 0.717) is 5.56 Å². The third-order valence-electron chi connectivity index (χ3n) is 2.74. The van der Waals surface area contributed by atoms with Gasteiger partial charge in [-0.2, -0.15) is 0 Å². The molecule has 2 atom stereocenters. The van der Waals surface area contributed by atoms with Crippen LogP contribution in [0.2, 0.25) is 0 Å². The van der Waals surface area contributed by atoms with E-state index in [1.54, 1.807) is 24.3 Å². The first-order chi connectivity index (χ1) is 8.97.